The van der Waals surface area contributed by atoms with Crippen LogP contribution < -0.4 is 15.4 Å². The van der Waals surface area contributed by atoms with Gasteiger partial charge in [-0.2, -0.15) is 0 Å². The molecule has 41 heavy (non-hydrogen) atoms. The van der Waals surface area contributed by atoms with Crippen molar-refractivity contribution in [3.05, 3.63) is 70.4 Å². The minimum atomic E-state index is -1.12. The van der Waals surface area contributed by atoms with Crippen molar-refractivity contribution in [3.8, 4) is 17.0 Å². The molecule has 5 rings (SSSR count). The minimum Gasteiger partial charge on any atom is -0.497 e. The average Bonchev–Trinajstić information content (AvgIpc) is 3.26. The van der Waals surface area contributed by atoms with Crippen molar-refractivity contribution in [2.24, 2.45) is 0 Å². The molecule has 2 aliphatic heterocycles. The van der Waals surface area contributed by atoms with E-state index in [0.29, 0.717) is 52.3 Å². The number of amides is 1. The Morgan fingerprint density at radius 1 is 1.20 bits per heavy atom. The molecule has 218 valence electrons. The number of carbonyl (C=O) groups is 1. The van der Waals surface area contributed by atoms with Gasteiger partial charge in [0.2, 0.25) is 11.9 Å². The number of fused-ring (bicyclic) bond motifs is 1. The zero-order chi connectivity index (χ0) is 28.9. The number of anilines is 1. The number of rotatable bonds is 10. The van der Waals surface area contributed by atoms with Crippen LogP contribution in [0.2, 0.25) is 5.02 Å². The second-order valence-corrected chi connectivity index (χ2v) is 10.4. The van der Waals surface area contributed by atoms with E-state index in [9.17, 15) is 15.0 Å². The summed E-state index contributed by atoms with van der Waals surface area (Å²) in [4.78, 5) is 23.6. The van der Waals surface area contributed by atoms with Crippen molar-refractivity contribution in [2.75, 3.05) is 45.9 Å². The molecule has 0 bridgehead atoms. The van der Waals surface area contributed by atoms with E-state index < -0.39 is 18.5 Å². The molecule has 2 aliphatic rings. The van der Waals surface area contributed by atoms with Gasteiger partial charge in [0.25, 0.3) is 0 Å². The lowest BCUT2D eigenvalue weighted by atomic mass is 10.0. The maximum absolute atomic E-state index is 13.1. The van der Waals surface area contributed by atoms with Crippen LogP contribution in [0.1, 0.15) is 48.0 Å². The van der Waals surface area contributed by atoms with Gasteiger partial charge < -0.3 is 35.1 Å². The Bertz CT molecular complexity index is 1370. The van der Waals surface area contributed by atoms with E-state index in [-0.39, 0.29) is 25.1 Å². The third kappa shape index (κ3) is 6.45. The Morgan fingerprint density at radius 3 is 2.73 bits per heavy atom. The molecule has 3 atom stereocenters. The molecule has 0 spiro atoms. The van der Waals surface area contributed by atoms with Gasteiger partial charge in [0, 0.05) is 43.1 Å². The smallest absolute Gasteiger partial charge is 0.234 e. The number of hydrogen-bond donors (Lipinski definition) is 4. The fraction of sp³-hybridized carbons (Fsp3) is 0.414. The summed E-state index contributed by atoms with van der Waals surface area (Å²) in [5, 5.41) is 27.8. The van der Waals surface area contributed by atoms with E-state index in [1.165, 1.54) is 7.11 Å². The van der Waals surface area contributed by atoms with Crippen molar-refractivity contribution < 1.29 is 29.2 Å². The fourth-order valence-electron chi connectivity index (χ4n) is 5.25. The van der Waals surface area contributed by atoms with E-state index in [1.54, 1.807) is 42.5 Å². The molecular weight excluding hydrogens is 550 g/mol. The van der Waals surface area contributed by atoms with Gasteiger partial charge in [0.1, 0.15) is 18.2 Å². The first-order valence-electron chi connectivity index (χ1n) is 13.4. The van der Waals surface area contributed by atoms with Crippen LogP contribution >= 0.6 is 11.6 Å². The van der Waals surface area contributed by atoms with Crippen LogP contribution in [0, 0.1) is 0 Å². The lowest BCUT2D eigenvalue weighted by molar-refractivity contribution is -0.138. The van der Waals surface area contributed by atoms with Crippen LogP contribution in [0.25, 0.3) is 11.3 Å². The van der Waals surface area contributed by atoms with Gasteiger partial charge in [0.15, 0.2) is 0 Å². The number of aromatic nitrogens is 2. The van der Waals surface area contributed by atoms with Gasteiger partial charge in [-0.1, -0.05) is 35.9 Å². The molecular formula is C29H34ClN5O6. The summed E-state index contributed by atoms with van der Waals surface area (Å²) in [6.07, 6.45) is 1.52. The highest BCUT2D eigenvalue weighted by Crippen LogP contribution is 2.43. The second kappa shape index (κ2) is 13.1. The van der Waals surface area contributed by atoms with E-state index in [2.05, 4.69) is 20.6 Å². The standard InChI is InChI=1S/C29H34ClN5O6/c1-39-20-5-3-4-17(12-20)24(16-36)33-25(37)15-35-27(38)22-13-18(6-7-21(22)28(35)40-2)26-23(30)14-31-29(34-26)32-19-8-10-41-11-9-19/h3-7,12-14,19,24,27-28,36,38H,8-11,15-16H2,1-2H3,(H,33,37)(H,31,32,34)/t24-,27?,28-/m1/s1. The highest BCUT2D eigenvalue weighted by atomic mass is 35.5. The zero-order valence-electron chi connectivity index (χ0n) is 22.9. The highest BCUT2D eigenvalue weighted by molar-refractivity contribution is 6.32. The van der Waals surface area contributed by atoms with Crippen LogP contribution in [0.15, 0.2) is 48.7 Å². The molecule has 1 unspecified atom stereocenters. The van der Waals surface area contributed by atoms with Gasteiger partial charge >= 0.3 is 0 Å². The van der Waals surface area contributed by atoms with Crippen molar-refractivity contribution in [2.45, 2.75) is 37.4 Å². The maximum Gasteiger partial charge on any atom is 0.234 e. The summed E-state index contributed by atoms with van der Waals surface area (Å²) >= 11 is 6.49. The monoisotopic (exact) mass is 583 g/mol. The number of benzene rings is 2. The Labute approximate surface area is 243 Å². The molecule has 1 saturated heterocycles. The van der Waals surface area contributed by atoms with Crippen molar-refractivity contribution in [3.63, 3.8) is 0 Å². The molecule has 12 heteroatoms. The molecule has 11 nitrogen and oxygen atoms in total. The first-order valence-corrected chi connectivity index (χ1v) is 13.8. The molecule has 4 N–H and O–H groups in total. The number of hydrogen-bond acceptors (Lipinski definition) is 10. The lowest BCUT2D eigenvalue weighted by Crippen LogP contribution is -2.41. The third-order valence-electron chi connectivity index (χ3n) is 7.38. The number of aliphatic hydroxyl groups is 2. The van der Waals surface area contributed by atoms with Gasteiger partial charge in [-0.25, -0.2) is 14.9 Å². The van der Waals surface area contributed by atoms with E-state index in [1.807, 2.05) is 18.2 Å². The van der Waals surface area contributed by atoms with Crippen molar-refractivity contribution in [1.82, 2.24) is 20.2 Å². The molecule has 3 heterocycles. The van der Waals surface area contributed by atoms with E-state index in [4.69, 9.17) is 25.8 Å². The zero-order valence-corrected chi connectivity index (χ0v) is 23.7. The molecule has 0 saturated carbocycles. The topological polar surface area (TPSA) is 138 Å². The minimum absolute atomic E-state index is 0.169. The largest absolute Gasteiger partial charge is 0.497 e. The Morgan fingerprint density at radius 2 is 2.00 bits per heavy atom. The van der Waals surface area contributed by atoms with Gasteiger partial charge in [-0.15, -0.1) is 0 Å². The Kier molecular flexibility index (Phi) is 9.33. The molecule has 1 aromatic heterocycles. The highest BCUT2D eigenvalue weighted by Gasteiger charge is 2.39. The first-order chi connectivity index (χ1) is 19.9. The number of aliphatic hydroxyl groups excluding tert-OH is 2. The summed E-state index contributed by atoms with van der Waals surface area (Å²) in [6.45, 7) is 0.913. The van der Waals surface area contributed by atoms with Crippen LogP contribution in [0.3, 0.4) is 0 Å². The average molecular weight is 584 g/mol. The molecule has 2 aromatic carbocycles. The third-order valence-corrected chi connectivity index (χ3v) is 7.66. The van der Waals surface area contributed by atoms with Crippen LogP contribution in [-0.4, -0.2) is 77.6 Å². The Hall–Kier alpha value is -3.32. The quantitative estimate of drug-likeness (QED) is 0.281. The van der Waals surface area contributed by atoms with Gasteiger partial charge in [-0.05, 0) is 36.6 Å². The fourth-order valence-corrected chi connectivity index (χ4v) is 5.45. The lowest BCUT2D eigenvalue weighted by Gasteiger charge is -2.27. The van der Waals surface area contributed by atoms with Gasteiger partial charge in [-0.3, -0.25) is 4.79 Å². The van der Waals surface area contributed by atoms with Crippen LogP contribution in [0.4, 0.5) is 5.95 Å². The number of nitrogens with zero attached hydrogens (tertiary/aromatic N) is 3. The number of ether oxygens (including phenoxy) is 3. The van der Waals surface area contributed by atoms with Gasteiger partial charge in [0.05, 0.1) is 43.2 Å². The summed E-state index contributed by atoms with van der Waals surface area (Å²) in [5.74, 6) is 0.703. The maximum atomic E-state index is 13.1. The molecule has 1 amide bonds. The number of nitrogens with one attached hydrogen (secondary N) is 2. The number of carbonyl (C=O) groups excluding carboxylic acids is 1. The molecule has 0 radical (unpaired) electrons. The van der Waals surface area contributed by atoms with E-state index in [0.717, 1.165) is 18.4 Å². The van der Waals surface area contributed by atoms with Crippen molar-refractivity contribution in [1.29, 1.82) is 0 Å². The van der Waals surface area contributed by atoms with Crippen molar-refractivity contribution >= 4 is 23.5 Å². The first kappa shape index (κ1) is 29.2. The number of halogens is 1. The summed E-state index contributed by atoms with van der Waals surface area (Å²) < 4.78 is 16.4. The predicted octanol–water partition coefficient (Wildman–Crippen LogP) is 3.20. The molecule has 0 aliphatic carbocycles. The normalized spacial score (nSPS) is 19.9. The molecule has 3 aromatic rings. The summed E-state index contributed by atoms with van der Waals surface area (Å²) in [6, 6.07) is 12.2. The van der Waals surface area contributed by atoms with E-state index >= 15 is 0 Å². The Balaban J connectivity index is 1.33. The summed E-state index contributed by atoms with van der Waals surface area (Å²) in [7, 11) is 3.07. The molecule has 1 fully saturated rings. The van der Waals surface area contributed by atoms with Crippen LogP contribution in [-0.2, 0) is 14.3 Å². The predicted molar refractivity (Wildman–Crippen MR) is 152 cm³/mol. The second-order valence-electron chi connectivity index (χ2n) is 9.98. The van der Waals surface area contributed by atoms with Crippen LogP contribution in [0.5, 0.6) is 5.75 Å². The summed E-state index contributed by atoms with van der Waals surface area (Å²) in [5.41, 5.74) is 3.24. The number of methoxy groups -OCH3 is 2. The SMILES string of the molecule is COc1cccc([C@@H](CO)NC(=O)CN2C(O)c3cc(-c4nc(NC5CCOCC5)ncc4Cl)ccc3[C@H]2OC)c1.